The normalized spacial score (nSPS) is 12.2. The Labute approximate surface area is 164 Å². The van der Waals surface area contributed by atoms with Crippen LogP contribution in [-0.2, 0) is 14.5 Å². The molecule has 0 saturated heterocycles. The third-order valence-electron chi connectivity index (χ3n) is 3.48. The molecule has 0 radical (unpaired) electrons. The molecule has 0 spiro atoms. The summed E-state index contributed by atoms with van der Waals surface area (Å²) in [6.45, 7) is 1.32. The van der Waals surface area contributed by atoms with Gasteiger partial charge in [0, 0.05) is 54.7 Å². The van der Waals surface area contributed by atoms with Crippen molar-refractivity contribution in [3.8, 4) is 11.8 Å². The summed E-state index contributed by atoms with van der Waals surface area (Å²) in [5.41, 5.74) is 2.02. The van der Waals surface area contributed by atoms with Crippen LogP contribution in [0.15, 0.2) is 47.1 Å². The van der Waals surface area contributed by atoms with Crippen molar-refractivity contribution >= 4 is 27.2 Å². The van der Waals surface area contributed by atoms with Gasteiger partial charge >= 0.3 is 0 Å². The molecule has 0 bridgehead atoms. The van der Waals surface area contributed by atoms with Crippen LogP contribution in [0, 0.1) is 11.8 Å². The lowest BCUT2D eigenvalue weighted by atomic mass is 10.1. The first kappa shape index (κ1) is 21.3. The standard InChI is InChI=1S/C20H21N3O4S/c1-15(25)22-19-6-3-5-16(12-19)7-8-17-11-18(14-21-13-17)20(26)23-28(2,27)10-4-9-24/h3,5-6,11-14,24H,4,9-10H2,1-2H3,(H,22,25). The second-order valence-electron chi connectivity index (χ2n) is 6.11. The third kappa shape index (κ3) is 6.95. The summed E-state index contributed by atoms with van der Waals surface area (Å²) < 4.78 is 16.0. The lowest BCUT2D eigenvalue weighted by Gasteiger charge is -2.02. The topological polar surface area (TPSA) is 109 Å². The van der Waals surface area contributed by atoms with Crippen LogP contribution >= 0.6 is 0 Å². The number of benzene rings is 1. The number of nitrogens with one attached hydrogen (secondary N) is 1. The molecule has 1 unspecified atom stereocenters. The second-order valence-corrected chi connectivity index (χ2v) is 8.62. The Bertz CT molecular complexity index is 1060. The summed E-state index contributed by atoms with van der Waals surface area (Å²) in [5, 5.41) is 11.5. The maximum atomic E-state index is 12.3. The van der Waals surface area contributed by atoms with Crippen molar-refractivity contribution in [1.82, 2.24) is 4.98 Å². The third-order valence-corrected chi connectivity index (χ3v) is 5.07. The van der Waals surface area contributed by atoms with Crippen LogP contribution in [0.5, 0.6) is 0 Å². The van der Waals surface area contributed by atoms with E-state index in [1.165, 1.54) is 31.6 Å². The highest BCUT2D eigenvalue weighted by Gasteiger charge is 2.10. The van der Waals surface area contributed by atoms with E-state index in [1.54, 1.807) is 24.3 Å². The van der Waals surface area contributed by atoms with Crippen LogP contribution in [0.2, 0.25) is 0 Å². The fourth-order valence-electron chi connectivity index (χ4n) is 2.25. The highest BCUT2D eigenvalue weighted by molar-refractivity contribution is 7.93. The smallest absolute Gasteiger partial charge is 0.286 e. The zero-order valence-electron chi connectivity index (χ0n) is 15.6. The molecule has 146 valence electrons. The van der Waals surface area contributed by atoms with Gasteiger partial charge in [0.05, 0.1) is 15.3 Å². The van der Waals surface area contributed by atoms with Crippen molar-refractivity contribution < 1.29 is 18.9 Å². The number of carbonyl (C=O) groups is 2. The maximum Gasteiger partial charge on any atom is 0.286 e. The largest absolute Gasteiger partial charge is 0.396 e. The number of nitrogens with zero attached hydrogens (tertiary/aromatic N) is 2. The lowest BCUT2D eigenvalue weighted by Crippen LogP contribution is -2.09. The van der Waals surface area contributed by atoms with Gasteiger partial charge in [0.25, 0.3) is 5.91 Å². The van der Waals surface area contributed by atoms with Crippen LogP contribution in [0.1, 0.15) is 34.8 Å². The number of anilines is 1. The molecule has 2 N–H and O–H groups in total. The van der Waals surface area contributed by atoms with E-state index in [-0.39, 0.29) is 23.8 Å². The van der Waals surface area contributed by atoms with Crippen molar-refractivity contribution in [3.63, 3.8) is 0 Å². The van der Waals surface area contributed by atoms with Gasteiger partial charge in [0.15, 0.2) is 0 Å². The fraction of sp³-hybridized carbons (Fsp3) is 0.250. The first-order chi connectivity index (χ1) is 13.3. The molecule has 1 aromatic carbocycles. The number of hydrogen-bond donors (Lipinski definition) is 2. The van der Waals surface area contributed by atoms with Gasteiger partial charge in [0.1, 0.15) is 0 Å². The Morgan fingerprint density at radius 1 is 1.21 bits per heavy atom. The molecule has 0 aliphatic rings. The molecule has 2 amide bonds. The van der Waals surface area contributed by atoms with E-state index in [4.69, 9.17) is 5.11 Å². The van der Waals surface area contributed by atoms with Crippen LogP contribution in [0.25, 0.3) is 0 Å². The van der Waals surface area contributed by atoms with Gasteiger partial charge in [-0.25, -0.2) is 4.21 Å². The zero-order valence-corrected chi connectivity index (χ0v) is 16.5. The van der Waals surface area contributed by atoms with Gasteiger partial charge in [-0.3, -0.25) is 14.6 Å². The van der Waals surface area contributed by atoms with E-state index in [2.05, 4.69) is 26.5 Å². The summed E-state index contributed by atoms with van der Waals surface area (Å²) in [6.07, 6.45) is 4.56. The number of aromatic nitrogens is 1. The Balaban J connectivity index is 2.22. The zero-order chi connectivity index (χ0) is 20.6. The van der Waals surface area contributed by atoms with Gasteiger partial charge in [0.2, 0.25) is 5.91 Å². The number of hydrogen-bond acceptors (Lipinski definition) is 5. The quantitative estimate of drug-likeness (QED) is 0.748. The van der Waals surface area contributed by atoms with Crippen molar-refractivity contribution in [1.29, 1.82) is 0 Å². The van der Waals surface area contributed by atoms with Gasteiger partial charge in [-0.05, 0) is 30.7 Å². The van der Waals surface area contributed by atoms with Crippen molar-refractivity contribution in [2.24, 2.45) is 4.36 Å². The lowest BCUT2D eigenvalue weighted by molar-refractivity contribution is -0.114. The summed E-state index contributed by atoms with van der Waals surface area (Å²) in [5.74, 6) is 5.20. The van der Waals surface area contributed by atoms with Gasteiger partial charge in [-0.15, -0.1) is 0 Å². The highest BCUT2D eigenvalue weighted by Crippen LogP contribution is 2.10. The van der Waals surface area contributed by atoms with Gasteiger partial charge in [-0.1, -0.05) is 17.9 Å². The maximum absolute atomic E-state index is 12.3. The Morgan fingerprint density at radius 3 is 2.68 bits per heavy atom. The number of rotatable bonds is 5. The molecular formula is C20H21N3O4S. The molecule has 2 rings (SSSR count). The summed E-state index contributed by atoms with van der Waals surface area (Å²) in [7, 11) is -2.71. The average molecular weight is 399 g/mol. The van der Waals surface area contributed by atoms with Crippen LogP contribution in [-0.4, -0.2) is 44.7 Å². The SMILES string of the molecule is CC(=O)Nc1cccc(C#Cc2cncc(C(=O)N=S(C)(=O)CCCO)c2)c1. The molecule has 1 atom stereocenters. The first-order valence-electron chi connectivity index (χ1n) is 8.49. The molecule has 0 aliphatic heterocycles. The van der Waals surface area contributed by atoms with E-state index in [0.717, 1.165) is 0 Å². The Kier molecular flexibility index (Phi) is 7.44. The van der Waals surface area contributed by atoms with Crippen LogP contribution in [0.4, 0.5) is 5.69 Å². The minimum Gasteiger partial charge on any atom is -0.396 e. The van der Waals surface area contributed by atoms with Crippen LogP contribution in [0.3, 0.4) is 0 Å². The highest BCUT2D eigenvalue weighted by atomic mass is 32.2. The van der Waals surface area contributed by atoms with E-state index >= 15 is 0 Å². The molecule has 7 nitrogen and oxygen atoms in total. The minimum absolute atomic E-state index is 0.107. The van der Waals surface area contributed by atoms with E-state index in [0.29, 0.717) is 23.2 Å². The number of aliphatic hydroxyl groups is 1. The van der Waals surface area contributed by atoms with E-state index < -0.39 is 15.6 Å². The number of amides is 2. The molecular weight excluding hydrogens is 378 g/mol. The number of carbonyl (C=O) groups excluding carboxylic acids is 2. The molecule has 2 aromatic rings. The van der Waals surface area contributed by atoms with Crippen molar-refractivity contribution in [2.75, 3.05) is 23.9 Å². The second kappa shape index (κ2) is 9.78. The minimum atomic E-state index is -2.71. The van der Waals surface area contributed by atoms with E-state index in [9.17, 15) is 13.8 Å². The molecule has 8 heteroatoms. The van der Waals surface area contributed by atoms with Crippen molar-refractivity contribution in [3.05, 3.63) is 59.4 Å². The molecule has 28 heavy (non-hydrogen) atoms. The summed E-state index contributed by atoms with van der Waals surface area (Å²) >= 11 is 0. The summed E-state index contributed by atoms with van der Waals surface area (Å²) in [4.78, 5) is 27.4. The van der Waals surface area contributed by atoms with Crippen molar-refractivity contribution in [2.45, 2.75) is 13.3 Å². The monoisotopic (exact) mass is 399 g/mol. The molecule has 1 heterocycles. The molecule has 1 aromatic heterocycles. The molecule has 0 saturated carbocycles. The Hall–Kier alpha value is -3.02. The molecule has 0 fully saturated rings. The van der Waals surface area contributed by atoms with E-state index in [1.807, 2.05) is 0 Å². The number of pyridine rings is 1. The predicted octanol–water partition coefficient (Wildman–Crippen LogP) is 2.06. The fourth-order valence-corrected chi connectivity index (χ4v) is 3.47. The van der Waals surface area contributed by atoms with Gasteiger partial charge in [-0.2, -0.15) is 4.36 Å². The first-order valence-corrected chi connectivity index (χ1v) is 10.6. The average Bonchev–Trinajstić information content (AvgIpc) is 2.64. The summed E-state index contributed by atoms with van der Waals surface area (Å²) in [6, 6.07) is 8.60. The van der Waals surface area contributed by atoms with Gasteiger partial charge < -0.3 is 10.4 Å². The van der Waals surface area contributed by atoms with Crippen LogP contribution < -0.4 is 5.32 Å². The predicted molar refractivity (Wildman–Crippen MR) is 108 cm³/mol. The molecule has 0 aliphatic carbocycles. The Morgan fingerprint density at radius 2 is 1.96 bits per heavy atom. The number of aliphatic hydroxyl groups excluding tert-OH is 1.